The molecule has 3 heterocycles. The van der Waals surface area contributed by atoms with E-state index in [4.69, 9.17) is 5.73 Å². The van der Waals surface area contributed by atoms with Crippen LogP contribution in [0.15, 0.2) is 152 Å². The molecule has 0 saturated carbocycles. The molecule has 4 heteroatoms. The van der Waals surface area contributed by atoms with Crippen LogP contribution in [0, 0.1) is 0 Å². The van der Waals surface area contributed by atoms with Crippen LogP contribution in [0.5, 0.6) is 0 Å². The summed E-state index contributed by atoms with van der Waals surface area (Å²) in [5.74, 6) is 0.633. The molecule has 3 aromatic heterocycles. The molecule has 0 fully saturated rings. The third-order valence-corrected chi connectivity index (χ3v) is 12.0. The number of nitrogens with zero attached hydrogens (tertiary/aromatic N) is 3. The summed E-state index contributed by atoms with van der Waals surface area (Å²) in [6.07, 6.45) is 18.6. The van der Waals surface area contributed by atoms with Gasteiger partial charge < -0.3 is 14.9 Å². The third-order valence-electron chi connectivity index (χ3n) is 12.0. The van der Waals surface area contributed by atoms with E-state index in [1.165, 1.54) is 77.1 Å². The van der Waals surface area contributed by atoms with Gasteiger partial charge in [0.1, 0.15) is 0 Å². The van der Waals surface area contributed by atoms with Gasteiger partial charge in [-0.3, -0.25) is 4.98 Å². The lowest BCUT2D eigenvalue weighted by atomic mass is 9.72. The minimum absolute atomic E-state index is 0.315. The van der Waals surface area contributed by atoms with Gasteiger partial charge in [0.05, 0.1) is 39.6 Å². The normalized spacial score (nSPS) is 16.2. The molecule has 2 atom stereocenters. The molecule has 4 nitrogen and oxygen atoms in total. The molecular weight excluding hydrogens is 681 g/mol. The monoisotopic (exact) mass is 728 g/mol. The zero-order valence-electron chi connectivity index (χ0n) is 32.9. The Bertz CT molecular complexity index is 2920. The molecule has 0 saturated heterocycles. The molecule has 0 spiro atoms. The summed E-state index contributed by atoms with van der Waals surface area (Å²) in [7, 11) is 0. The van der Waals surface area contributed by atoms with E-state index in [0.29, 0.717) is 11.8 Å². The van der Waals surface area contributed by atoms with Gasteiger partial charge in [0.2, 0.25) is 0 Å². The molecule has 276 valence electrons. The van der Waals surface area contributed by atoms with Crippen molar-refractivity contribution in [2.45, 2.75) is 59.3 Å². The van der Waals surface area contributed by atoms with Crippen LogP contribution in [0.4, 0.5) is 0 Å². The molecule has 8 aromatic rings. The lowest BCUT2D eigenvalue weighted by molar-refractivity contribution is 0.617. The molecule has 0 radical (unpaired) electrons. The van der Waals surface area contributed by atoms with Crippen LogP contribution >= 0.6 is 0 Å². The minimum atomic E-state index is 0.315. The summed E-state index contributed by atoms with van der Waals surface area (Å²) >= 11 is 0. The van der Waals surface area contributed by atoms with Crippen molar-refractivity contribution < 1.29 is 0 Å². The summed E-state index contributed by atoms with van der Waals surface area (Å²) in [5.41, 5.74) is 23.3. The molecule has 0 aliphatic heterocycles. The summed E-state index contributed by atoms with van der Waals surface area (Å²) in [6, 6.07) is 38.5. The molecule has 9 rings (SSSR count). The first kappa shape index (κ1) is 35.3. The number of rotatable bonds is 8. The van der Waals surface area contributed by atoms with Gasteiger partial charge in [0.25, 0.3) is 0 Å². The van der Waals surface area contributed by atoms with E-state index < -0.39 is 0 Å². The SMILES string of the molecule is C/C=C\C(=C/N)n1c2ccc(-c3ccccc3)cc2c2cc3c(cc21)-c1cc2c(cc1C(C)C3C)c1cc(C(/C=C\CC)=C/CC)ccc1n2-c1cccnc1. The average molecular weight is 729 g/mol. The van der Waals surface area contributed by atoms with E-state index in [2.05, 4.69) is 169 Å². The van der Waals surface area contributed by atoms with Gasteiger partial charge in [-0.1, -0.05) is 94.5 Å². The van der Waals surface area contributed by atoms with Crippen molar-refractivity contribution in [1.29, 1.82) is 0 Å². The molecule has 5 aromatic carbocycles. The molecule has 0 amide bonds. The van der Waals surface area contributed by atoms with Gasteiger partial charge in [0, 0.05) is 33.9 Å². The highest BCUT2D eigenvalue weighted by molar-refractivity contribution is 6.15. The molecule has 1 aliphatic carbocycles. The van der Waals surface area contributed by atoms with Crippen LogP contribution in [-0.4, -0.2) is 14.1 Å². The zero-order valence-corrected chi connectivity index (χ0v) is 32.9. The Hall–Kier alpha value is -6.39. The second kappa shape index (κ2) is 14.4. The Morgan fingerprint density at radius 1 is 0.679 bits per heavy atom. The third kappa shape index (κ3) is 5.62. The van der Waals surface area contributed by atoms with Crippen LogP contribution in [0.1, 0.15) is 76.0 Å². The first-order chi connectivity index (χ1) is 27.4. The number of fused-ring (bicyclic) bond motifs is 9. The van der Waals surface area contributed by atoms with Crippen LogP contribution in [-0.2, 0) is 0 Å². The Morgan fingerprint density at radius 3 is 2.05 bits per heavy atom. The number of pyridine rings is 1. The Balaban J connectivity index is 1.35. The first-order valence-electron chi connectivity index (χ1n) is 20.1. The summed E-state index contributed by atoms with van der Waals surface area (Å²) in [4.78, 5) is 4.57. The van der Waals surface area contributed by atoms with Gasteiger partial charge in [-0.2, -0.15) is 0 Å². The van der Waals surface area contributed by atoms with Gasteiger partial charge in [-0.15, -0.1) is 0 Å². The molecule has 56 heavy (non-hydrogen) atoms. The predicted molar refractivity (Wildman–Crippen MR) is 240 cm³/mol. The first-order valence-corrected chi connectivity index (χ1v) is 20.1. The standard InChI is InChI=1S/C52H48N4/c1-6-9-16-35(14-7-2)37-20-23-50-46(25-37)48-28-42-34(5)33(4)41-27-47-45-26-38(36-17-11-10-12-18-36)21-22-49(45)55(39(31-53)15-8-3)51(47)29-43(41)44(42)30-52(48)56(50)40-19-13-24-54-32-40/h8-34H,6-7,53H2,1-5H3/b15-8-,16-9-,35-14+,39-31+. The van der Waals surface area contributed by atoms with E-state index in [-0.39, 0.29) is 0 Å². The van der Waals surface area contributed by atoms with Crippen molar-refractivity contribution in [3.05, 3.63) is 169 Å². The van der Waals surface area contributed by atoms with E-state index in [1.807, 2.05) is 25.4 Å². The molecule has 1 aliphatic rings. The van der Waals surface area contributed by atoms with E-state index in [9.17, 15) is 0 Å². The fraction of sp³-hybridized carbons (Fsp3) is 0.173. The number of benzene rings is 5. The fourth-order valence-electron chi connectivity index (χ4n) is 9.08. The lowest BCUT2D eigenvalue weighted by Crippen LogP contribution is -2.13. The summed E-state index contributed by atoms with van der Waals surface area (Å²) in [6.45, 7) is 11.3. The number of hydrogen-bond donors (Lipinski definition) is 1. The molecule has 2 unspecified atom stereocenters. The topological polar surface area (TPSA) is 48.8 Å². The van der Waals surface area contributed by atoms with Gasteiger partial charge in [0.15, 0.2) is 0 Å². The van der Waals surface area contributed by atoms with Gasteiger partial charge in [-0.05, 0) is 143 Å². The van der Waals surface area contributed by atoms with Crippen LogP contribution in [0.3, 0.4) is 0 Å². The fourth-order valence-corrected chi connectivity index (χ4v) is 9.08. The van der Waals surface area contributed by atoms with Crippen molar-refractivity contribution in [3.8, 4) is 27.9 Å². The summed E-state index contributed by atoms with van der Waals surface area (Å²) in [5, 5.41) is 5.00. The van der Waals surface area contributed by atoms with Crippen molar-refractivity contribution in [3.63, 3.8) is 0 Å². The van der Waals surface area contributed by atoms with Crippen molar-refractivity contribution in [1.82, 2.24) is 14.1 Å². The molecule has 2 N–H and O–H groups in total. The second-order valence-electron chi connectivity index (χ2n) is 15.2. The maximum Gasteiger partial charge on any atom is 0.0645 e. The molecular formula is C52H48N4. The van der Waals surface area contributed by atoms with Crippen LogP contribution in [0.2, 0.25) is 0 Å². The highest BCUT2D eigenvalue weighted by Crippen LogP contribution is 2.51. The minimum Gasteiger partial charge on any atom is -0.403 e. The zero-order chi connectivity index (χ0) is 38.5. The maximum atomic E-state index is 6.40. The quantitative estimate of drug-likeness (QED) is 0.158. The number of nitrogens with two attached hydrogens (primary N) is 1. The predicted octanol–water partition coefficient (Wildman–Crippen LogP) is 13.9. The Kier molecular flexibility index (Phi) is 9.05. The Labute approximate surface area is 329 Å². The van der Waals surface area contributed by atoms with E-state index in [0.717, 1.165) is 35.3 Å². The maximum absolute atomic E-state index is 6.40. The largest absolute Gasteiger partial charge is 0.403 e. The molecule has 0 bridgehead atoms. The second-order valence-corrected chi connectivity index (χ2v) is 15.2. The highest BCUT2D eigenvalue weighted by Gasteiger charge is 2.31. The van der Waals surface area contributed by atoms with Crippen molar-refractivity contribution in [2.75, 3.05) is 0 Å². The van der Waals surface area contributed by atoms with Crippen LogP contribution in [0.25, 0.3) is 82.8 Å². The average Bonchev–Trinajstić information content (AvgIpc) is 3.73. The van der Waals surface area contributed by atoms with Gasteiger partial charge in [-0.25, -0.2) is 0 Å². The summed E-state index contributed by atoms with van der Waals surface area (Å²) < 4.78 is 4.74. The van der Waals surface area contributed by atoms with E-state index in [1.54, 1.807) is 6.20 Å². The highest BCUT2D eigenvalue weighted by atomic mass is 15.0. The number of hydrogen-bond acceptors (Lipinski definition) is 2. The smallest absolute Gasteiger partial charge is 0.0645 e. The van der Waals surface area contributed by atoms with Crippen molar-refractivity contribution in [2.24, 2.45) is 5.73 Å². The number of allylic oxidation sites excluding steroid dienone is 7. The van der Waals surface area contributed by atoms with Gasteiger partial charge >= 0.3 is 0 Å². The Morgan fingerprint density at radius 2 is 1.38 bits per heavy atom. The van der Waals surface area contributed by atoms with Crippen LogP contribution < -0.4 is 5.73 Å². The lowest BCUT2D eigenvalue weighted by Gasteiger charge is -2.32. The number of aromatic nitrogens is 3. The van der Waals surface area contributed by atoms with E-state index >= 15 is 0 Å². The van der Waals surface area contributed by atoms with Crippen molar-refractivity contribution >= 4 is 54.9 Å².